The minimum atomic E-state index is 0.0336. The standard InChI is InChI=1S/C25H28N4O/c1-3-19-8-10-21(11-9-19)26-25(30)20-14-16-29(17-15-20)24-13-12-23(27-28-24)22-7-5-4-6-18(22)2/h4-13,20H,3,14-17H2,1-2H3,(H,26,30). The highest BCUT2D eigenvalue weighted by molar-refractivity contribution is 5.92. The third kappa shape index (κ3) is 4.51. The molecule has 0 atom stereocenters. The van der Waals surface area contributed by atoms with E-state index in [9.17, 15) is 4.79 Å². The summed E-state index contributed by atoms with van der Waals surface area (Å²) in [5.74, 6) is 1.02. The number of nitrogens with one attached hydrogen (secondary N) is 1. The van der Waals surface area contributed by atoms with Gasteiger partial charge in [-0.15, -0.1) is 10.2 Å². The molecule has 0 saturated carbocycles. The van der Waals surface area contributed by atoms with Crippen LogP contribution in [0.4, 0.5) is 11.5 Å². The molecular formula is C25H28N4O. The fourth-order valence-electron chi connectivity index (χ4n) is 3.94. The second-order valence-corrected chi connectivity index (χ2v) is 7.89. The van der Waals surface area contributed by atoms with E-state index < -0.39 is 0 Å². The number of nitrogens with zero attached hydrogens (tertiary/aromatic N) is 3. The van der Waals surface area contributed by atoms with Crippen molar-refractivity contribution < 1.29 is 4.79 Å². The molecule has 1 aromatic heterocycles. The number of amides is 1. The third-order valence-corrected chi connectivity index (χ3v) is 5.89. The van der Waals surface area contributed by atoms with Crippen LogP contribution in [0, 0.1) is 12.8 Å². The Morgan fingerprint density at radius 1 is 1.00 bits per heavy atom. The van der Waals surface area contributed by atoms with Gasteiger partial charge in [0.05, 0.1) is 5.69 Å². The molecule has 30 heavy (non-hydrogen) atoms. The van der Waals surface area contributed by atoms with Gasteiger partial charge in [0.2, 0.25) is 5.91 Å². The van der Waals surface area contributed by atoms with Gasteiger partial charge in [-0.3, -0.25) is 4.79 Å². The van der Waals surface area contributed by atoms with Crippen LogP contribution in [-0.2, 0) is 11.2 Å². The number of rotatable bonds is 5. The third-order valence-electron chi connectivity index (χ3n) is 5.89. The van der Waals surface area contributed by atoms with E-state index in [0.29, 0.717) is 0 Å². The number of aromatic nitrogens is 2. The van der Waals surface area contributed by atoms with E-state index in [4.69, 9.17) is 0 Å². The molecule has 0 spiro atoms. The van der Waals surface area contributed by atoms with E-state index in [1.807, 2.05) is 36.4 Å². The number of hydrogen-bond donors (Lipinski definition) is 1. The van der Waals surface area contributed by atoms with Crippen molar-refractivity contribution in [2.75, 3.05) is 23.3 Å². The molecule has 5 heteroatoms. The Kier molecular flexibility index (Phi) is 6.07. The topological polar surface area (TPSA) is 58.1 Å². The normalized spacial score (nSPS) is 14.5. The Morgan fingerprint density at radius 2 is 1.73 bits per heavy atom. The van der Waals surface area contributed by atoms with Gasteiger partial charge in [0, 0.05) is 30.3 Å². The van der Waals surface area contributed by atoms with Crippen molar-refractivity contribution in [2.45, 2.75) is 33.1 Å². The summed E-state index contributed by atoms with van der Waals surface area (Å²) in [6.07, 6.45) is 2.64. The van der Waals surface area contributed by atoms with Crippen LogP contribution >= 0.6 is 0 Å². The van der Waals surface area contributed by atoms with Crippen molar-refractivity contribution >= 4 is 17.4 Å². The lowest BCUT2D eigenvalue weighted by Gasteiger charge is -2.31. The van der Waals surface area contributed by atoms with Gasteiger partial charge in [-0.2, -0.15) is 0 Å². The predicted molar refractivity (Wildman–Crippen MR) is 122 cm³/mol. The summed E-state index contributed by atoms with van der Waals surface area (Å²) in [7, 11) is 0. The van der Waals surface area contributed by atoms with Gasteiger partial charge in [0.25, 0.3) is 0 Å². The van der Waals surface area contributed by atoms with Crippen LogP contribution in [0.1, 0.15) is 30.9 Å². The first-order chi connectivity index (χ1) is 14.6. The minimum absolute atomic E-state index is 0.0336. The number of aryl methyl sites for hydroxylation is 2. The predicted octanol–water partition coefficient (Wildman–Crippen LogP) is 4.87. The van der Waals surface area contributed by atoms with E-state index in [1.165, 1.54) is 11.1 Å². The molecule has 4 rings (SSSR count). The van der Waals surface area contributed by atoms with Gasteiger partial charge in [0.1, 0.15) is 0 Å². The number of carbonyl (C=O) groups is 1. The maximum Gasteiger partial charge on any atom is 0.227 e. The molecular weight excluding hydrogens is 372 g/mol. The fourth-order valence-corrected chi connectivity index (χ4v) is 3.94. The molecule has 1 aliphatic rings. The molecule has 1 fully saturated rings. The highest BCUT2D eigenvalue weighted by atomic mass is 16.1. The summed E-state index contributed by atoms with van der Waals surface area (Å²) in [4.78, 5) is 14.9. The maximum absolute atomic E-state index is 12.6. The van der Waals surface area contributed by atoms with E-state index in [0.717, 1.165) is 55.1 Å². The van der Waals surface area contributed by atoms with Gasteiger partial charge in [-0.25, -0.2) is 0 Å². The zero-order chi connectivity index (χ0) is 20.9. The molecule has 3 aromatic rings. The second-order valence-electron chi connectivity index (χ2n) is 7.89. The van der Waals surface area contributed by atoms with Crippen LogP contribution in [0.5, 0.6) is 0 Å². The minimum Gasteiger partial charge on any atom is -0.355 e. The van der Waals surface area contributed by atoms with Gasteiger partial charge in [-0.05, 0) is 61.6 Å². The first-order valence-corrected chi connectivity index (χ1v) is 10.7. The summed E-state index contributed by atoms with van der Waals surface area (Å²) < 4.78 is 0. The number of hydrogen-bond acceptors (Lipinski definition) is 4. The molecule has 2 heterocycles. The average molecular weight is 401 g/mol. The van der Waals surface area contributed by atoms with Crippen LogP contribution in [0.25, 0.3) is 11.3 Å². The summed E-state index contributed by atoms with van der Waals surface area (Å²) in [5, 5.41) is 12.0. The Balaban J connectivity index is 1.33. The molecule has 1 aliphatic heterocycles. The van der Waals surface area contributed by atoms with Gasteiger partial charge >= 0.3 is 0 Å². The van der Waals surface area contributed by atoms with Crippen LogP contribution in [-0.4, -0.2) is 29.2 Å². The van der Waals surface area contributed by atoms with Gasteiger partial charge in [-0.1, -0.05) is 43.3 Å². The van der Waals surface area contributed by atoms with Crippen LogP contribution in [0.3, 0.4) is 0 Å². The quantitative estimate of drug-likeness (QED) is 0.664. The van der Waals surface area contributed by atoms with Crippen molar-refractivity contribution in [1.29, 1.82) is 0 Å². The molecule has 0 unspecified atom stereocenters. The number of anilines is 2. The Bertz CT molecular complexity index is 990. The Hall–Kier alpha value is -3.21. The molecule has 0 bridgehead atoms. The molecule has 154 valence electrons. The van der Waals surface area contributed by atoms with E-state index in [1.54, 1.807) is 0 Å². The summed E-state index contributed by atoms with van der Waals surface area (Å²) in [5.41, 5.74) is 5.34. The lowest BCUT2D eigenvalue weighted by atomic mass is 9.95. The average Bonchev–Trinajstić information content (AvgIpc) is 2.80. The van der Waals surface area contributed by atoms with Crippen molar-refractivity contribution in [2.24, 2.45) is 5.92 Å². The zero-order valence-electron chi connectivity index (χ0n) is 17.6. The highest BCUT2D eigenvalue weighted by Gasteiger charge is 2.26. The molecule has 1 saturated heterocycles. The van der Waals surface area contributed by atoms with Crippen LogP contribution in [0.2, 0.25) is 0 Å². The van der Waals surface area contributed by atoms with E-state index >= 15 is 0 Å². The second kappa shape index (κ2) is 9.08. The summed E-state index contributed by atoms with van der Waals surface area (Å²) in [6.45, 7) is 5.83. The molecule has 1 amide bonds. The van der Waals surface area contributed by atoms with Crippen LogP contribution in [0.15, 0.2) is 60.7 Å². The number of piperidine rings is 1. The van der Waals surface area contributed by atoms with Gasteiger partial charge in [0.15, 0.2) is 5.82 Å². The highest BCUT2D eigenvalue weighted by Crippen LogP contribution is 2.25. The zero-order valence-corrected chi connectivity index (χ0v) is 17.6. The molecule has 5 nitrogen and oxygen atoms in total. The summed E-state index contributed by atoms with van der Waals surface area (Å²) >= 11 is 0. The van der Waals surface area contributed by atoms with Crippen molar-refractivity contribution in [3.8, 4) is 11.3 Å². The Labute approximate surface area is 178 Å². The first-order valence-electron chi connectivity index (χ1n) is 10.7. The lowest BCUT2D eigenvalue weighted by Crippen LogP contribution is -2.38. The van der Waals surface area contributed by atoms with E-state index in [-0.39, 0.29) is 11.8 Å². The largest absolute Gasteiger partial charge is 0.355 e. The monoisotopic (exact) mass is 400 g/mol. The molecule has 1 N–H and O–H groups in total. The summed E-state index contributed by atoms with van der Waals surface area (Å²) in [6, 6.07) is 20.4. The molecule has 2 aromatic carbocycles. The maximum atomic E-state index is 12.6. The Morgan fingerprint density at radius 3 is 2.37 bits per heavy atom. The van der Waals surface area contributed by atoms with Crippen molar-refractivity contribution in [1.82, 2.24) is 10.2 Å². The SMILES string of the molecule is CCc1ccc(NC(=O)C2CCN(c3ccc(-c4ccccc4C)nn3)CC2)cc1. The van der Waals surface area contributed by atoms with Crippen LogP contribution < -0.4 is 10.2 Å². The number of carbonyl (C=O) groups excluding carboxylic acids is 1. The lowest BCUT2D eigenvalue weighted by molar-refractivity contribution is -0.120. The first kappa shape index (κ1) is 20.1. The van der Waals surface area contributed by atoms with Crippen molar-refractivity contribution in [3.63, 3.8) is 0 Å². The number of benzene rings is 2. The van der Waals surface area contributed by atoms with Gasteiger partial charge < -0.3 is 10.2 Å². The fraction of sp³-hybridized carbons (Fsp3) is 0.320. The van der Waals surface area contributed by atoms with Crippen molar-refractivity contribution in [3.05, 3.63) is 71.8 Å². The smallest absolute Gasteiger partial charge is 0.227 e. The van der Waals surface area contributed by atoms with E-state index in [2.05, 4.69) is 58.5 Å². The molecule has 0 radical (unpaired) electrons. The molecule has 0 aliphatic carbocycles.